The number of rotatable bonds is 7. The van der Waals surface area contributed by atoms with Crippen molar-refractivity contribution in [2.75, 3.05) is 19.8 Å². The maximum atomic E-state index is 10.2. The third-order valence-corrected chi connectivity index (χ3v) is 1.30. The van der Waals surface area contributed by atoms with Gasteiger partial charge < -0.3 is 14.6 Å². The van der Waals surface area contributed by atoms with E-state index in [-0.39, 0.29) is 12.5 Å². The second-order valence-electron chi connectivity index (χ2n) is 2.48. The van der Waals surface area contributed by atoms with Crippen LogP contribution < -0.4 is 0 Å². The van der Waals surface area contributed by atoms with Gasteiger partial charge in [0.05, 0.1) is 25.7 Å². The summed E-state index contributed by atoms with van der Waals surface area (Å²) in [5, 5.41) is 8.38. The molecule has 4 nitrogen and oxygen atoms in total. The van der Waals surface area contributed by atoms with Gasteiger partial charge in [0.25, 0.3) is 0 Å². The first-order valence-corrected chi connectivity index (χ1v) is 4.08. The van der Waals surface area contributed by atoms with Crippen molar-refractivity contribution in [2.45, 2.75) is 26.4 Å². The van der Waals surface area contributed by atoms with E-state index in [2.05, 4.69) is 0 Å². The van der Waals surface area contributed by atoms with E-state index in [4.69, 9.17) is 14.6 Å². The number of carboxylic acid groups (broad SMARTS) is 1. The Morgan fingerprint density at radius 3 is 2.67 bits per heavy atom. The number of ether oxygens (including phenoxy) is 2. The number of hydrogen-bond acceptors (Lipinski definition) is 3. The molecule has 0 saturated heterocycles. The van der Waals surface area contributed by atoms with Crippen molar-refractivity contribution in [1.29, 1.82) is 0 Å². The van der Waals surface area contributed by atoms with Gasteiger partial charge in [0, 0.05) is 6.61 Å². The molecule has 4 heteroatoms. The second kappa shape index (κ2) is 7.06. The quantitative estimate of drug-likeness (QED) is 0.585. The van der Waals surface area contributed by atoms with E-state index >= 15 is 0 Å². The molecule has 12 heavy (non-hydrogen) atoms. The van der Waals surface area contributed by atoms with E-state index in [0.29, 0.717) is 19.8 Å². The average Bonchev–Trinajstić information content (AvgIpc) is 1.97. The summed E-state index contributed by atoms with van der Waals surface area (Å²) in [6.07, 6.45) is -0.186. The highest BCUT2D eigenvalue weighted by Gasteiger charge is 2.06. The highest BCUT2D eigenvalue weighted by Crippen LogP contribution is 1.96. The fourth-order valence-electron chi connectivity index (χ4n) is 0.757. The van der Waals surface area contributed by atoms with Crippen LogP contribution >= 0.6 is 0 Å². The summed E-state index contributed by atoms with van der Waals surface area (Å²) in [6, 6.07) is 0. The summed E-state index contributed by atoms with van der Waals surface area (Å²) < 4.78 is 10.2. The van der Waals surface area contributed by atoms with Crippen LogP contribution in [0.1, 0.15) is 20.3 Å². The van der Waals surface area contributed by atoms with E-state index in [1.165, 1.54) is 0 Å². The van der Waals surface area contributed by atoms with Crippen LogP contribution in [-0.2, 0) is 14.3 Å². The zero-order chi connectivity index (χ0) is 9.40. The topological polar surface area (TPSA) is 55.8 Å². The lowest BCUT2D eigenvalue weighted by molar-refractivity contribution is -0.140. The smallest absolute Gasteiger partial charge is 0.305 e. The Hall–Kier alpha value is -0.610. The number of carbonyl (C=O) groups is 1. The van der Waals surface area contributed by atoms with Gasteiger partial charge in [0.15, 0.2) is 0 Å². The van der Waals surface area contributed by atoms with Crippen molar-refractivity contribution in [3.63, 3.8) is 0 Å². The van der Waals surface area contributed by atoms with Gasteiger partial charge in [0.1, 0.15) is 0 Å². The molecule has 0 radical (unpaired) electrons. The van der Waals surface area contributed by atoms with Gasteiger partial charge in [-0.1, -0.05) is 0 Å². The molecule has 0 spiro atoms. The van der Waals surface area contributed by atoms with E-state index in [1.54, 1.807) is 6.92 Å². The summed E-state index contributed by atoms with van der Waals surface area (Å²) in [6.45, 7) is 5.29. The van der Waals surface area contributed by atoms with Gasteiger partial charge in [0.2, 0.25) is 0 Å². The van der Waals surface area contributed by atoms with Crippen LogP contribution in [0.15, 0.2) is 0 Å². The Morgan fingerprint density at radius 2 is 2.17 bits per heavy atom. The molecule has 0 aliphatic carbocycles. The molecule has 0 heterocycles. The summed E-state index contributed by atoms with van der Waals surface area (Å²) in [4.78, 5) is 10.2. The lowest BCUT2D eigenvalue weighted by Gasteiger charge is -2.09. The summed E-state index contributed by atoms with van der Waals surface area (Å²) in [5.74, 6) is -0.834. The minimum absolute atomic E-state index is 0.0477. The van der Waals surface area contributed by atoms with Crippen LogP contribution in [0.25, 0.3) is 0 Å². The molecule has 0 aromatic rings. The van der Waals surface area contributed by atoms with Crippen LogP contribution in [0, 0.1) is 0 Å². The second-order valence-corrected chi connectivity index (χ2v) is 2.48. The molecule has 72 valence electrons. The third kappa shape index (κ3) is 7.50. The molecule has 0 unspecified atom stereocenters. The molecule has 0 saturated carbocycles. The standard InChI is InChI=1S/C8H16O4/c1-3-11-4-5-12-7(2)6-8(9)10/h7H,3-6H2,1-2H3,(H,9,10)/t7-/m0/s1. The summed E-state index contributed by atoms with van der Waals surface area (Å²) in [7, 11) is 0. The molecule has 1 atom stereocenters. The van der Waals surface area contributed by atoms with E-state index in [9.17, 15) is 4.79 Å². The first-order chi connectivity index (χ1) is 5.66. The Labute approximate surface area is 72.5 Å². The largest absolute Gasteiger partial charge is 0.481 e. The van der Waals surface area contributed by atoms with Gasteiger partial charge in [-0.15, -0.1) is 0 Å². The number of aliphatic carboxylic acids is 1. The molecule has 0 aromatic heterocycles. The van der Waals surface area contributed by atoms with Gasteiger partial charge in [-0.3, -0.25) is 4.79 Å². The maximum Gasteiger partial charge on any atom is 0.305 e. The van der Waals surface area contributed by atoms with E-state index in [1.807, 2.05) is 6.92 Å². The monoisotopic (exact) mass is 176 g/mol. The number of carboxylic acids is 1. The van der Waals surface area contributed by atoms with Gasteiger partial charge in [-0.25, -0.2) is 0 Å². The first-order valence-electron chi connectivity index (χ1n) is 4.08. The van der Waals surface area contributed by atoms with Gasteiger partial charge >= 0.3 is 5.97 Å². The van der Waals surface area contributed by atoms with Crippen molar-refractivity contribution in [1.82, 2.24) is 0 Å². The first kappa shape index (κ1) is 11.4. The normalized spacial score (nSPS) is 12.8. The Balaban J connectivity index is 3.19. The highest BCUT2D eigenvalue weighted by atomic mass is 16.5. The van der Waals surface area contributed by atoms with Gasteiger partial charge in [-0.2, -0.15) is 0 Å². The zero-order valence-corrected chi connectivity index (χ0v) is 7.58. The Kier molecular flexibility index (Phi) is 6.70. The van der Waals surface area contributed by atoms with Crippen molar-refractivity contribution < 1.29 is 19.4 Å². The van der Waals surface area contributed by atoms with Crippen LogP contribution in [-0.4, -0.2) is 37.0 Å². The lowest BCUT2D eigenvalue weighted by atomic mass is 10.3. The molecule has 0 aliphatic rings. The van der Waals surface area contributed by atoms with Crippen LogP contribution in [0.4, 0.5) is 0 Å². The molecule has 0 rings (SSSR count). The number of hydrogen-bond donors (Lipinski definition) is 1. The molecule has 0 amide bonds. The molecule has 0 aromatic carbocycles. The molecule has 1 N–H and O–H groups in total. The van der Waals surface area contributed by atoms with Crippen LogP contribution in [0.5, 0.6) is 0 Å². The molecule has 0 fully saturated rings. The fraction of sp³-hybridized carbons (Fsp3) is 0.875. The molecular formula is C8H16O4. The molecule has 0 bridgehead atoms. The van der Waals surface area contributed by atoms with Crippen LogP contribution in [0.2, 0.25) is 0 Å². The van der Waals surface area contributed by atoms with Crippen LogP contribution in [0.3, 0.4) is 0 Å². The van der Waals surface area contributed by atoms with E-state index < -0.39 is 5.97 Å². The SMILES string of the molecule is CCOCCO[C@@H](C)CC(=O)O. The predicted octanol–water partition coefficient (Wildman–Crippen LogP) is 0.903. The van der Waals surface area contributed by atoms with Crippen molar-refractivity contribution in [3.05, 3.63) is 0 Å². The van der Waals surface area contributed by atoms with Gasteiger partial charge in [-0.05, 0) is 13.8 Å². The average molecular weight is 176 g/mol. The van der Waals surface area contributed by atoms with Crippen molar-refractivity contribution in [3.8, 4) is 0 Å². The molecule has 0 aliphatic heterocycles. The lowest BCUT2D eigenvalue weighted by Crippen LogP contribution is -2.16. The minimum Gasteiger partial charge on any atom is -0.481 e. The maximum absolute atomic E-state index is 10.2. The van der Waals surface area contributed by atoms with Crippen molar-refractivity contribution in [2.24, 2.45) is 0 Å². The van der Waals surface area contributed by atoms with Crippen molar-refractivity contribution >= 4 is 5.97 Å². The fourth-order valence-corrected chi connectivity index (χ4v) is 0.757. The summed E-state index contributed by atoms with van der Waals surface area (Å²) >= 11 is 0. The third-order valence-electron chi connectivity index (χ3n) is 1.30. The Bertz CT molecular complexity index is 124. The van der Waals surface area contributed by atoms with E-state index in [0.717, 1.165) is 0 Å². The minimum atomic E-state index is -0.834. The highest BCUT2D eigenvalue weighted by molar-refractivity contribution is 5.67. The summed E-state index contributed by atoms with van der Waals surface area (Å²) in [5.41, 5.74) is 0. The zero-order valence-electron chi connectivity index (χ0n) is 7.58. The predicted molar refractivity (Wildman–Crippen MR) is 44.2 cm³/mol. The Morgan fingerprint density at radius 1 is 1.50 bits per heavy atom. The molecular weight excluding hydrogens is 160 g/mol.